The largest absolute Gasteiger partial charge is 0.423 e. The fourth-order valence-electron chi connectivity index (χ4n) is 2.53. The molecule has 1 aliphatic rings. The SMILES string of the molecule is CN(C)c1nc2ccc(NC(=O)N[C@@H]3C=C[C@H](CO)C3)cc2o1. The van der Waals surface area contributed by atoms with E-state index in [9.17, 15) is 4.79 Å². The molecule has 2 atom stereocenters. The molecule has 0 aliphatic heterocycles. The van der Waals surface area contributed by atoms with Gasteiger partial charge in [-0.1, -0.05) is 12.2 Å². The molecule has 7 heteroatoms. The van der Waals surface area contributed by atoms with E-state index in [1.807, 2.05) is 26.2 Å². The zero-order valence-corrected chi connectivity index (χ0v) is 13.1. The van der Waals surface area contributed by atoms with Crippen LogP contribution in [0.15, 0.2) is 34.8 Å². The van der Waals surface area contributed by atoms with Gasteiger partial charge in [-0.05, 0) is 18.6 Å². The molecular weight excluding hydrogens is 296 g/mol. The van der Waals surface area contributed by atoms with Gasteiger partial charge < -0.3 is 25.1 Å². The summed E-state index contributed by atoms with van der Waals surface area (Å²) in [5.74, 6) is 0.121. The summed E-state index contributed by atoms with van der Waals surface area (Å²) < 4.78 is 5.62. The Morgan fingerprint density at radius 1 is 1.43 bits per heavy atom. The van der Waals surface area contributed by atoms with Gasteiger partial charge in [-0.3, -0.25) is 0 Å². The van der Waals surface area contributed by atoms with Crippen molar-refractivity contribution in [2.75, 3.05) is 30.9 Å². The maximum atomic E-state index is 12.0. The number of aliphatic hydroxyl groups is 1. The monoisotopic (exact) mass is 316 g/mol. The van der Waals surface area contributed by atoms with E-state index in [0.717, 1.165) is 11.9 Å². The topological polar surface area (TPSA) is 90.6 Å². The third kappa shape index (κ3) is 3.45. The second-order valence-electron chi connectivity index (χ2n) is 5.84. The van der Waals surface area contributed by atoms with Crippen LogP contribution in [-0.2, 0) is 0 Å². The van der Waals surface area contributed by atoms with Crippen molar-refractivity contribution >= 4 is 28.8 Å². The zero-order valence-electron chi connectivity index (χ0n) is 13.1. The molecule has 0 bridgehead atoms. The first-order valence-electron chi connectivity index (χ1n) is 7.50. The highest BCUT2D eigenvalue weighted by Crippen LogP contribution is 2.24. The van der Waals surface area contributed by atoms with Crippen molar-refractivity contribution in [1.82, 2.24) is 10.3 Å². The summed E-state index contributed by atoms with van der Waals surface area (Å²) in [4.78, 5) is 18.2. The maximum Gasteiger partial charge on any atom is 0.319 e. The fraction of sp³-hybridized carbons (Fsp3) is 0.375. The van der Waals surface area contributed by atoms with Crippen LogP contribution in [-0.4, -0.2) is 42.9 Å². The number of fused-ring (bicyclic) bond motifs is 1. The van der Waals surface area contributed by atoms with E-state index in [2.05, 4.69) is 15.6 Å². The summed E-state index contributed by atoms with van der Waals surface area (Å²) in [7, 11) is 3.71. The molecule has 0 unspecified atom stereocenters. The summed E-state index contributed by atoms with van der Waals surface area (Å²) in [5, 5.41) is 14.7. The molecular formula is C16H20N4O3. The highest BCUT2D eigenvalue weighted by molar-refractivity contribution is 5.92. The predicted molar refractivity (Wildman–Crippen MR) is 88.6 cm³/mol. The minimum Gasteiger partial charge on any atom is -0.423 e. The van der Waals surface area contributed by atoms with E-state index >= 15 is 0 Å². The van der Waals surface area contributed by atoms with Crippen LogP contribution in [0.3, 0.4) is 0 Å². The summed E-state index contributed by atoms with van der Waals surface area (Å²) >= 11 is 0. The van der Waals surface area contributed by atoms with Crippen molar-refractivity contribution in [3.05, 3.63) is 30.4 Å². The van der Waals surface area contributed by atoms with Crippen LogP contribution >= 0.6 is 0 Å². The Labute approximate surface area is 134 Å². The van der Waals surface area contributed by atoms with Crippen LogP contribution in [0, 0.1) is 5.92 Å². The number of rotatable bonds is 4. The molecule has 0 saturated carbocycles. The molecule has 0 radical (unpaired) electrons. The van der Waals surface area contributed by atoms with Gasteiger partial charge >= 0.3 is 6.03 Å². The molecule has 7 nitrogen and oxygen atoms in total. The van der Waals surface area contributed by atoms with Gasteiger partial charge in [0.15, 0.2) is 5.58 Å². The third-order valence-corrected chi connectivity index (χ3v) is 3.74. The number of nitrogens with zero attached hydrogens (tertiary/aromatic N) is 2. The lowest BCUT2D eigenvalue weighted by atomic mass is 10.1. The van der Waals surface area contributed by atoms with Gasteiger partial charge in [-0.15, -0.1) is 0 Å². The van der Waals surface area contributed by atoms with Crippen molar-refractivity contribution in [3.8, 4) is 0 Å². The first kappa shape index (κ1) is 15.4. The molecule has 0 fully saturated rings. The fourth-order valence-corrected chi connectivity index (χ4v) is 2.53. The van der Waals surface area contributed by atoms with Gasteiger partial charge in [-0.25, -0.2) is 4.79 Å². The van der Waals surface area contributed by atoms with Crippen molar-refractivity contribution in [2.24, 2.45) is 5.92 Å². The van der Waals surface area contributed by atoms with Gasteiger partial charge in [0, 0.05) is 44.4 Å². The van der Waals surface area contributed by atoms with Gasteiger partial charge in [0.25, 0.3) is 6.01 Å². The Bertz CT molecular complexity index is 738. The normalized spacial score (nSPS) is 20.0. The molecule has 122 valence electrons. The highest BCUT2D eigenvalue weighted by Gasteiger charge is 2.19. The maximum absolute atomic E-state index is 12.0. The lowest BCUT2D eigenvalue weighted by Gasteiger charge is -2.13. The molecule has 1 aromatic carbocycles. The van der Waals surface area contributed by atoms with Crippen LogP contribution in [0.2, 0.25) is 0 Å². The van der Waals surface area contributed by atoms with E-state index in [-0.39, 0.29) is 24.6 Å². The summed E-state index contributed by atoms with van der Waals surface area (Å²) in [6, 6.07) is 5.51. The highest BCUT2D eigenvalue weighted by atomic mass is 16.4. The van der Waals surface area contributed by atoms with Crippen molar-refractivity contribution in [2.45, 2.75) is 12.5 Å². The second-order valence-corrected chi connectivity index (χ2v) is 5.84. The van der Waals surface area contributed by atoms with E-state index in [1.54, 1.807) is 23.1 Å². The molecule has 1 aliphatic carbocycles. The number of urea groups is 1. The number of carbonyl (C=O) groups is 1. The molecule has 23 heavy (non-hydrogen) atoms. The molecule has 2 amide bonds. The lowest BCUT2D eigenvalue weighted by molar-refractivity contribution is 0.238. The number of carbonyl (C=O) groups excluding carboxylic acids is 1. The average Bonchev–Trinajstić information content (AvgIpc) is 3.12. The molecule has 3 N–H and O–H groups in total. The number of anilines is 2. The number of oxazole rings is 1. The molecule has 1 aromatic heterocycles. The molecule has 2 aromatic rings. The number of hydrogen-bond donors (Lipinski definition) is 3. The van der Waals surface area contributed by atoms with Crippen molar-refractivity contribution < 1.29 is 14.3 Å². The van der Waals surface area contributed by atoms with Gasteiger partial charge in [-0.2, -0.15) is 4.98 Å². The molecule has 1 heterocycles. The number of hydrogen-bond acceptors (Lipinski definition) is 5. The van der Waals surface area contributed by atoms with Crippen LogP contribution in [0.25, 0.3) is 11.1 Å². The molecule has 3 rings (SSSR count). The van der Waals surface area contributed by atoms with Crippen molar-refractivity contribution in [1.29, 1.82) is 0 Å². The Hall–Kier alpha value is -2.54. The molecule has 0 saturated heterocycles. The standard InChI is InChI=1S/C16H20N4O3/c1-20(2)16-19-13-6-5-12(8-14(13)23-16)18-15(22)17-11-4-3-10(7-11)9-21/h3-6,8,10-11,21H,7,9H2,1-2H3,(H2,17,18,22)/t10-,11+/m0/s1. The average molecular weight is 316 g/mol. The Balaban J connectivity index is 1.64. The first-order chi connectivity index (χ1) is 11.0. The number of aliphatic hydroxyl groups excluding tert-OH is 1. The van der Waals surface area contributed by atoms with Crippen LogP contribution in [0.4, 0.5) is 16.5 Å². The number of benzene rings is 1. The van der Waals surface area contributed by atoms with E-state index in [4.69, 9.17) is 9.52 Å². The minimum absolute atomic E-state index is 0.0542. The van der Waals surface area contributed by atoms with Gasteiger partial charge in [0.05, 0.1) is 0 Å². The Morgan fingerprint density at radius 2 is 2.26 bits per heavy atom. The van der Waals surface area contributed by atoms with Crippen LogP contribution in [0.1, 0.15) is 6.42 Å². The van der Waals surface area contributed by atoms with E-state index in [0.29, 0.717) is 17.3 Å². The predicted octanol–water partition coefficient (Wildman–Crippen LogP) is 1.95. The van der Waals surface area contributed by atoms with Gasteiger partial charge in [0.2, 0.25) is 0 Å². The quantitative estimate of drug-likeness (QED) is 0.750. The number of nitrogens with one attached hydrogen (secondary N) is 2. The van der Waals surface area contributed by atoms with Crippen molar-refractivity contribution in [3.63, 3.8) is 0 Å². The third-order valence-electron chi connectivity index (χ3n) is 3.74. The van der Waals surface area contributed by atoms with Crippen LogP contribution < -0.4 is 15.5 Å². The van der Waals surface area contributed by atoms with Crippen LogP contribution in [0.5, 0.6) is 0 Å². The smallest absolute Gasteiger partial charge is 0.319 e. The van der Waals surface area contributed by atoms with E-state index in [1.165, 1.54) is 0 Å². The van der Waals surface area contributed by atoms with Gasteiger partial charge in [0.1, 0.15) is 5.52 Å². The molecule has 0 spiro atoms. The summed E-state index contributed by atoms with van der Waals surface area (Å²) in [5.41, 5.74) is 1.99. The minimum atomic E-state index is -0.287. The number of aromatic nitrogens is 1. The Kier molecular flexibility index (Phi) is 4.20. The lowest BCUT2D eigenvalue weighted by Crippen LogP contribution is -2.36. The second kappa shape index (κ2) is 6.29. The Morgan fingerprint density at radius 3 is 2.96 bits per heavy atom. The summed E-state index contributed by atoms with van der Waals surface area (Å²) in [6.45, 7) is 0.104. The number of amides is 2. The van der Waals surface area contributed by atoms with E-state index < -0.39 is 0 Å². The first-order valence-corrected chi connectivity index (χ1v) is 7.50. The summed E-state index contributed by atoms with van der Waals surface area (Å²) in [6.07, 6.45) is 4.55. The zero-order chi connectivity index (χ0) is 16.4.